The van der Waals surface area contributed by atoms with Crippen molar-refractivity contribution >= 4 is 17.5 Å². The molecule has 3 aromatic rings. The van der Waals surface area contributed by atoms with Gasteiger partial charge in [0, 0.05) is 5.56 Å². The zero-order chi connectivity index (χ0) is 16.2. The molecule has 118 valence electrons. The van der Waals surface area contributed by atoms with Gasteiger partial charge in [-0.15, -0.1) is 5.10 Å². The van der Waals surface area contributed by atoms with Gasteiger partial charge in [-0.25, -0.2) is 4.68 Å². The second-order valence-electron chi connectivity index (χ2n) is 5.19. The van der Waals surface area contributed by atoms with Crippen LogP contribution in [0.3, 0.4) is 0 Å². The van der Waals surface area contributed by atoms with Crippen molar-refractivity contribution in [3.05, 3.63) is 59.5 Å². The lowest BCUT2D eigenvalue weighted by Crippen LogP contribution is -2.15. The van der Waals surface area contributed by atoms with Crippen molar-refractivity contribution in [2.75, 3.05) is 0 Å². The average molecular weight is 328 g/mol. The van der Waals surface area contributed by atoms with Gasteiger partial charge in [0.05, 0.1) is 11.5 Å². The molecule has 3 rings (SSSR count). The first-order chi connectivity index (χ1) is 11.1. The number of benzene rings is 1. The van der Waals surface area contributed by atoms with Crippen molar-refractivity contribution in [1.82, 2.24) is 20.2 Å². The Balaban J connectivity index is 1.70. The summed E-state index contributed by atoms with van der Waals surface area (Å²) in [5.41, 5.74) is 1.82. The number of rotatable bonds is 6. The van der Waals surface area contributed by atoms with Gasteiger partial charge in [0.2, 0.25) is 5.16 Å². The number of nitrogens with zero attached hydrogens (tertiary/aromatic N) is 4. The quantitative estimate of drug-likeness (QED) is 0.511. The number of ketones is 1. The van der Waals surface area contributed by atoms with Crippen LogP contribution in [0.4, 0.5) is 0 Å². The smallest absolute Gasteiger partial charge is 0.210 e. The normalized spacial score (nSPS) is 12.3. The monoisotopic (exact) mass is 328 g/mol. The van der Waals surface area contributed by atoms with E-state index < -0.39 is 0 Å². The molecule has 0 radical (unpaired) electrons. The Kier molecular flexibility index (Phi) is 4.57. The van der Waals surface area contributed by atoms with Crippen LogP contribution in [0.1, 0.15) is 28.6 Å². The zero-order valence-corrected chi connectivity index (χ0v) is 13.7. The molecule has 6 nitrogen and oxygen atoms in total. The van der Waals surface area contributed by atoms with E-state index in [2.05, 4.69) is 15.5 Å². The van der Waals surface area contributed by atoms with E-state index in [0.29, 0.717) is 17.3 Å². The molecule has 0 aliphatic carbocycles. The number of carbonyl (C=O) groups is 1. The van der Waals surface area contributed by atoms with Crippen molar-refractivity contribution < 1.29 is 9.21 Å². The van der Waals surface area contributed by atoms with Gasteiger partial charge in [0.1, 0.15) is 12.3 Å². The first-order valence-electron chi connectivity index (χ1n) is 7.19. The summed E-state index contributed by atoms with van der Waals surface area (Å²) in [5.74, 6) is 0.819. The second-order valence-corrected chi connectivity index (χ2v) is 6.50. The SMILES string of the molecule is Cc1ccc(C(=O)C(C)Sc2nnnn2Cc2ccco2)cc1. The molecule has 0 N–H and O–H groups in total. The van der Waals surface area contributed by atoms with Gasteiger partial charge >= 0.3 is 0 Å². The summed E-state index contributed by atoms with van der Waals surface area (Å²) >= 11 is 1.34. The molecular formula is C16H16N4O2S. The standard InChI is InChI=1S/C16H16N4O2S/c1-11-5-7-13(8-6-11)15(21)12(2)23-16-17-18-19-20(16)10-14-4-3-9-22-14/h3-9,12H,10H2,1-2H3. The van der Waals surface area contributed by atoms with Gasteiger partial charge in [-0.05, 0) is 36.4 Å². The van der Waals surface area contributed by atoms with E-state index in [1.807, 2.05) is 50.2 Å². The summed E-state index contributed by atoms with van der Waals surface area (Å²) in [6.45, 7) is 4.29. The first kappa shape index (κ1) is 15.5. The Labute approximate surface area is 137 Å². The van der Waals surface area contributed by atoms with Crippen molar-refractivity contribution in [2.24, 2.45) is 0 Å². The molecule has 0 fully saturated rings. The highest BCUT2D eigenvalue weighted by atomic mass is 32.2. The van der Waals surface area contributed by atoms with Crippen LogP contribution in [-0.4, -0.2) is 31.2 Å². The van der Waals surface area contributed by atoms with E-state index in [9.17, 15) is 4.79 Å². The van der Waals surface area contributed by atoms with E-state index in [1.54, 1.807) is 10.9 Å². The summed E-state index contributed by atoms with van der Waals surface area (Å²) in [4.78, 5) is 12.5. The van der Waals surface area contributed by atoms with Gasteiger partial charge in [0.15, 0.2) is 5.78 Å². The molecule has 0 saturated heterocycles. The Hall–Kier alpha value is -2.41. The maximum absolute atomic E-state index is 12.5. The maximum Gasteiger partial charge on any atom is 0.210 e. The van der Waals surface area contributed by atoms with Crippen molar-refractivity contribution in [1.29, 1.82) is 0 Å². The predicted molar refractivity (Wildman–Crippen MR) is 86.5 cm³/mol. The fourth-order valence-electron chi connectivity index (χ4n) is 2.09. The van der Waals surface area contributed by atoms with E-state index in [4.69, 9.17) is 4.42 Å². The number of aryl methyl sites for hydroxylation is 1. The number of tetrazole rings is 1. The third-order valence-corrected chi connectivity index (χ3v) is 4.44. The number of furan rings is 1. The molecule has 23 heavy (non-hydrogen) atoms. The fourth-order valence-corrected chi connectivity index (χ4v) is 2.96. The minimum absolute atomic E-state index is 0.0579. The zero-order valence-electron chi connectivity index (χ0n) is 12.8. The Morgan fingerprint density at radius 1 is 1.30 bits per heavy atom. The minimum Gasteiger partial charge on any atom is -0.467 e. The summed E-state index contributed by atoms with van der Waals surface area (Å²) in [6, 6.07) is 11.2. The lowest BCUT2D eigenvalue weighted by Gasteiger charge is -2.10. The third kappa shape index (κ3) is 3.68. The van der Waals surface area contributed by atoms with Gasteiger partial charge in [-0.1, -0.05) is 41.6 Å². The summed E-state index contributed by atoms with van der Waals surface area (Å²) in [5, 5.41) is 12.0. The summed E-state index contributed by atoms with van der Waals surface area (Å²) in [7, 11) is 0. The Morgan fingerprint density at radius 3 is 2.78 bits per heavy atom. The first-order valence-corrected chi connectivity index (χ1v) is 8.07. The van der Waals surface area contributed by atoms with Gasteiger partial charge in [-0.3, -0.25) is 4.79 Å². The number of carbonyl (C=O) groups excluding carboxylic acids is 1. The second kappa shape index (κ2) is 6.78. The van der Waals surface area contributed by atoms with Gasteiger partial charge in [0.25, 0.3) is 0 Å². The topological polar surface area (TPSA) is 73.8 Å². The van der Waals surface area contributed by atoms with E-state index in [-0.39, 0.29) is 11.0 Å². The molecule has 0 aliphatic rings. The molecule has 1 unspecified atom stereocenters. The highest BCUT2D eigenvalue weighted by Crippen LogP contribution is 2.24. The maximum atomic E-state index is 12.5. The largest absolute Gasteiger partial charge is 0.467 e. The molecule has 0 aliphatic heterocycles. The molecule has 1 atom stereocenters. The predicted octanol–water partition coefficient (Wildman–Crippen LogP) is 2.99. The molecule has 1 aromatic carbocycles. The van der Waals surface area contributed by atoms with E-state index in [0.717, 1.165) is 11.3 Å². The fraction of sp³-hybridized carbons (Fsp3) is 0.250. The highest BCUT2D eigenvalue weighted by Gasteiger charge is 2.20. The molecule has 0 saturated carbocycles. The van der Waals surface area contributed by atoms with Crippen LogP contribution in [0.15, 0.2) is 52.2 Å². The van der Waals surface area contributed by atoms with Crippen LogP contribution in [0, 0.1) is 6.92 Å². The van der Waals surface area contributed by atoms with Crippen LogP contribution in [-0.2, 0) is 6.54 Å². The van der Waals surface area contributed by atoms with Crippen LogP contribution >= 0.6 is 11.8 Å². The van der Waals surface area contributed by atoms with Gasteiger partial charge in [-0.2, -0.15) is 0 Å². The van der Waals surface area contributed by atoms with Crippen LogP contribution in [0.2, 0.25) is 0 Å². The molecule has 2 heterocycles. The van der Waals surface area contributed by atoms with Crippen LogP contribution < -0.4 is 0 Å². The molecule has 0 spiro atoms. The van der Waals surface area contributed by atoms with E-state index in [1.165, 1.54) is 11.8 Å². The number of thioether (sulfide) groups is 1. The minimum atomic E-state index is -0.279. The molecule has 0 amide bonds. The average Bonchev–Trinajstić information content (AvgIpc) is 3.20. The van der Waals surface area contributed by atoms with Crippen LogP contribution in [0.25, 0.3) is 0 Å². The molecule has 2 aromatic heterocycles. The van der Waals surface area contributed by atoms with Crippen molar-refractivity contribution in [3.63, 3.8) is 0 Å². The number of hydrogen-bond acceptors (Lipinski definition) is 6. The lowest BCUT2D eigenvalue weighted by atomic mass is 10.1. The van der Waals surface area contributed by atoms with Crippen LogP contribution in [0.5, 0.6) is 0 Å². The number of aromatic nitrogens is 4. The molecule has 7 heteroatoms. The Morgan fingerprint density at radius 2 is 2.09 bits per heavy atom. The highest BCUT2D eigenvalue weighted by molar-refractivity contribution is 8.00. The summed E-state index contributed by atoms with van der Waals surface area (Å²) < 4.78 is 6.93. The Bertz CT molecular complexity index is 781. The number of hydrogen-bond donors (Lipinski definition) is 0. The lowest BCUT2D eigenvalue weighted by molar-refractivity contribution is 0.0994. The van der Waals surface area contributed by atoms with Crippen molar-refractivity contribution in [2.45, 2.75) is 30.8 Å². The third-order valence-electron chi connectivity index (χ3n) is 3.37. The summed E-state index contributed by atoms with van der Waals surface area (Å²) in [6.07, 6.45) is 1.61. The van der Waals surface area contributed by atoms with E-state index >= 15 is 0 Å². The molecule has 0 bridgehead atoms. The van der Waals surface area contributed by atoms with Gasteiger partial charge < -0.3 is 4.42 Å². The molecular weight excluding hydrogens is 312 g/mol. The number of Topliss-reactive ketones (excluding diaryl/α,β-unsaturated/α-hetero) is 1. The van der Waals surface area contributed by atoms with Crippen molar-refractivity contribution in [3.8, 4) is 0 Å².